The number of nitrogens with one attached hydrogen (secondary N) is 2. The number of aromatic nitrogens is 7. The molecule has 10 atom stereocenters. The van der Waals surface area contributed by atoms with Gasteiger partial charge in [-0.1, -0.05) is 0 Å². The molecule has 0 bridgehead atoms. The smallest absolute Gasteiger partial charge is 0.386 e. The lowest BCUT2D eigenvalue weighted by atomic mass is 10.1. The normalized spacial score (nSPS) is 37.4. The van der Waals surface area contributed by atoms with Gasteiger partial charge in [0.25, 0.3) is 11.1 Å². The van der Waals surface area contributed by atoms with Crippen molar-refractivity contribution >= 4 is 49.6 Å². The fraction of sp³-hybridized carbons (Fsp3) is 0.450. The summed E-state index contributed by atoms with van der Waals surface area (Å²) in [5, 5.41) is 22.2. The number of fused-ring (bicyclic) bond motifs is 4. The number of phosphoric ester groups is 2. The van der Waals surface area contributed by atoms with E-state index >= 15 is 0 Å². The number of nitrogen functional groups attached to an aromatic ring is 2. The molecule has 7 rings (SSSR count). The van der Waals surface area contributed by atoms with Crippen molar-refractivity contribution in [3.8, 4) is 0 Å². The highest BCUT2D eigenvalue weighted by atomic mass is 31.2. The highest BCUT2D eigenvalue weighted by Gasteiger charge is 2.56. The number of anilines is 2. The van der Waals surface area contributed by atoms with Crippen molar-refractivity contribution < 1.29 is 56.7 Å². The minimum absolute atomic E-state index is 0.0375. The molecule has 0 amide bonds. The molecule has 23 nitrogen and oxygen atoms in total. The third kappa shape index (κ3) is 5.17. The maximum atomic E-state index is 13.3. The zero-order valence-corrected chi connectivity index (χ0v) is 24.0. The fourth-order valence-corrected chi connectivity index (χ4v) is 7.29. The largest absolute Gasteiger partial charge is 0.475 e. The summed E-state index contributed by atoms with van der Waals surface area (Å²) in [4.78, 5) is 62.1. The summed E-state index contributed by atoms with van der Waals surface area (Å²) in [6, 6.07) is 1.33. The van der Waals surface area contributed by atoms with Gasteiger partial charge in [-0.3, -0.25) is 37.2 Å². The molecule has 3 saturated heterocycles. The molecular weight excluding hydrogens is 652 g/mol. The van der Waals surface area contributed by atoms with Crippen LogP contribution in [0, 0.1) is 0 Å². The molecule has 4 aromatic rings. The number of aliphatic hydroxyl groups excluding tert-OH is 2. The topological polar surface area (TPSA) is 337 Å². The number of phosphoric acid groups is 2. The first-order valence-electron chi connectivity index (χ1n) is 12.8. The molecule has 242 valence electrons. The van der Waals surface area contributed by atoms with E-state index in [1.165, 1.54) is 10.6 Å². The second-order valence-electron chi connectivity index (χ2n) is 10.1. The number of aliphatic hydroxyl groups is 2. The third-order valence-corrected chi connectivity index (χ3v) is 9.19. The van der Waals surface area contributed by atoms with Crippen LogP contribution < -0.4 is 22.6 Å². The van der Waals surface area contributed by atoms with Crippen LogP contribution in [0.3, 0.4) is 0 Å². The van der Waals surface area contributed by atoms with Gasteiger partial charge in [-0.15, -0.1) is 0 Å². The zero-order valence-electron chi connectivity index (χ0n) is 22.2. The number of hydrogen-bond acceptors (Lipinski definition) is 17. The molecule has 7 heterocycles. The van der Waals surface area contributed by atoms with Crippen LogP contribution in [0.15, 0.2) is 28.3 Å². The molecule has 4 aromatic heterocycles. The lowest BCUT2D eigenvalue weighted by molar-refractivity contribution is -0.137. The molecule has 0 aliphatic carbocycles. The summed E-state index contributed by atoms with van der Waals surface area (Å²) < 4.78 is 60.4. The molecule has 0 aromatic carbocycles. The number of aromatic amines is 2. The first-order chi connectivity index (χ1) is 21.2. The highest BCUT2D eigenvalue weighted by Crippen LogP contribution is 2.56. The van der Waals surface area contributed by atoms with Crippen molar-refractivity contribution in [3.05, 3.63) is 39.4 Å². The number of rotatable bonds is 2. The Morgan fingerprint density at radius 1 is 0.867 bits per heavy atom. The van der Waals surface area contributed by atoms with Crippen LogP contribution in [0.4, 0.5) is 11.8 Å². The van der Waals surface area contributed by atoms with Gasteiger partial charge in [-0.05, 0) is 0 Å². The van der Waals surface area contributed by atoms with E-state index in [1.807, 2.05) is 0 Å². The first-order valence-corrected chi connectivity index (χ1v) is 15.8. The average molecular weight is 675 g/mol. The number of H-pyrrole nitrogens is 2. The Balaban J connectivity index is 1.21. The predicted octanol–water partition coefficient (Wildman–Crippen LogP) is -2.49. The Bertz CT molecular complexity index is 2030. The number of ether oxygens (including phenoxy) is 2. The molecule has 3 aliphatic heterocycles. The molecule has 25 heteroatoms. The van der Waals surface area contributed by atoms with E-state index in [4.69, 9.17) is 39.0 Å². The minimum atomic E-state index is -5.30. The van der Waals surface area contributed by atoms with Crippen LogP contribution >= 0.6 is 15.6 Å². The van der Waals surface area contributed by atoms with Crippen molar-refractivity contribution in [1.82, 2.24) is 34.1 Å². The molecule has 0 radical (unpaired) electrons. The van der Waals surface area contributed by atoms with Gasteiger partial charge in [0.15, 0.2) is 35.2 Å². The molecule has 10 N–H and O–H groups in total. The van der Waals surface area contributed by atoms with Crippen LogP contribution in [0.2, 0.25) is 0 Å². The summed E-state index contributed by atoms with van der Waals surface area (Å²) in [5.74, 6) is -0.348. The van der Waals surface area contributed by atoms with Crippen molar-refractivity contribution in [2.45, 2.75) is 49.3 Å². The van der Waals surface area contributed by atoms with E-state index in [9.17, 15) is 38.7 Å². The van der Waals surface area contributed by atoms with Gasteiger partial charge < -0.3 is 50.5 Å². The number of nitrogens with zero attached hydrogens (tertiary/aromatic N) is 5. The van der Waals surface area contributed by atoms with E-state index in [1.54, 1.807) is 0 Å². The van der Waals surface area contributed by atoms with Crippen LogP contribution in [0.25, 0.3) is 22.2 Å². The second kappa shape index (κ2) is 10.5. The highest BCUT2D eigenvalue weighted by molar-refractivity contribution is 7.47. The average Bonchev–Trinajstić information content (AvgIpc) is 3.69. The quantitative estimate of drug-likeness (QED) is 0.102. The Morgan fingerprint density at radius 3 is 2.29 bits per heavy atom. The minimum Gasteiger partial charge on any atom is -0.386 e. The summed E-state index contributed by atoms with van der Waals surface area (Å²) in [5.41, 5.74) is 9.64. The zero-order chi connectivity index (χ0) is 32.0. The Labute approximate surface area is 247 Å². The van der Waals surface area contributed by atoms with E-state index in [0.29, 0.717) is 0 Å². The number of pyridine rings is 1. The van der Waals surface area contributed by atoms with E-state index in [-0.39, 0.29) is 34.0 Å². The second-order valence-corrected chi connectivity index (χ2v) is 12.9. The monoisotopic (exact) mass is 675 g/mol. The van der Waals surface area contributed by atoms with Gasteiger partial charge in [-0.2, -0.15) is 4.98 Å². The number of hydrogen-bond donors (Lipinski definition) is 8. The predicted molar refractivity (Wildman–Crippen MR) is 144 cm³/mol. The molecule has 0 saturated carbocycles. The molecule has 3 fully saturated rings. The van der Waals surface area contributed by atoms with Gasteiger partial charge in [0.1, 0.15) is 30.2 Å². The maximum Gasteiger partial charge on any atom is 0.475 e. The SMILES string of the molecule is Nc1cc2c(ncn2[C@@H]2O[C@@H]3COP(=O)(O)O[C@@H]4C(O[C@@H](n5cnc6c(=O)[nH]c(N)nc65)[C@@H]4O)OP(=O)(O)O[C@H]3[C@H]2O)c(=O)[nH]1. The van der Waals surface area contributed by atoms with E-state index in [2.05, 4.69) is 24.9 Å². The van der Waals surface area contributed by atoms with Crippen LogP contribution in [-0.2, 0) is 36.7 Å². The van der Waals surface area contributed by atoms with Crippen molar-refractivity contribution in [2.75, 3.05) is 18.1 Å². The van der Waals surface area contributed by atoms with Crippen molar-refractivity contribution in [2.24, 2.45) is 0 Å². The number of imidazole rings is 2. The molecule has 0 spiro atoms. The Kier molecular flexibility index (Phi) is 7.01. The fourth-order valence-electron chi connectivity index (χ4n) is 5.32. The first kappa shape index (κ1) is 30.1. The summed E-state index contributed by atoms with van der Waals surface area (Å²) >= 11 is 0. The van der Waals surface area contributed by atoms with Gasteiger partial charge >= 0.3 is 15.6 Å². The summed E-state index contributed by atoms with van der Waals surface area (Å²) in [7, 11) is -10.4. The Morgan fingerprint density at radius 2 is 1.51 bits per heavy atom. The Hall–Kier alpha value is -3.57. The number of nitrogens with two attached hydrogens (primary N) is 2. The van der Waals surface area contributed by atoms with Crippen molar-refractivity contribution in [3.63, 3.8) is 0 Å². The van der Waals surface area contributed by atoms with Gasteiger partial charge in [-0.25, -0.2) is 19.1 Å². The van der Waals surface area contributed by atoms with Crippen LogP contribution in [-0.4, -0.2) is 97.5 Å². The standard InChI is InChI=1S/C20H23N9O14P2/c21-7-1-5-8(15(32)25-7)23-3-28(5)17-10(30)12-6(39-17)2-38-44(34,35)42-13-11(31)18(40-19(13)43-45(36,37)41-12)29-4-24-9-14(29)26-20(22)27-16(9)33/h1,3-4,6,10-13,17-19,30-31H,2H2,(H,34,35)(H,36,37)(H3,21,25,32)(H3,22,26,27,33)/t6-,10-,11-,12-,13+,17-,18-,19?/m1/s1. The van der Waals surface area contributed by atoms with E-state index < -0.39 is 82.6 Å². The van der Waals surface area contributed by atoms with Gasteiger partial charge in [0.05, 0.1) is 24.8 Å². The van der Waals surface area contributed by atoms with Gasteiger partial charge in [0, 0.05) is 6.07 Å². The lowest BCUT2D eigenvalue weighted by Crippen LogP contribution is -2.36. The van der Waals surface area contributed by atoms with Crippen LogP contribution in [0.5, 0.6) is 0 Å². The molecule has 45 heavy (non-hydrogen) atoms. The summed E-state index contributed by atoms with van der Waals surface area (Å²) in [6.07, 6.45) is -11.9. The van der Waals surface area contributed by atoms with Crippen LogP contribution in [0.1, 0.15) is 12.5 Å². The lowest BCUT2D eigenvalue weighted by Gasteiger charge is -2.24. The molecule has 3 aliphatic rings. The van der Waals surface area contributed by atoms with E-state index in [0.717, 1.165) is 17.2 Å². The third-order valence-electron chi connectivity index (χ3n) is 7.23. The molecule has 3 unspecified atom stereocenters. The maximum absolute atomic E-state index is 13.3. The summed E-state index contributed by atoms with van der Waals surface area (Å²) in [6.45, 7) is -0.850. The van der Waals surface area contributed by atoms with Gasteiger partial charge in [0.2, 0.25) is 12.2 Å². The molecular formula is C20H23N9O14P2. The van der Waals surface area contributed by atoms with Crippen molar-refractivity contribution in [1.29, 1.82) is 0 Å².